The van der Waals surface area contributed by atoms with Gasteiger partial charge >= 0.3 is 0 Å². The van der Waals surface area contributed by atoms with Crippen molar-refractivity contribution >= 4 is 5.91 Å². The third kappa shape index (κ3) is 4.39. The standard InChI is InChI=1S/C26H33NO3/c1-3-26(16-15-25(18-23(25)26)14-8-13-24(28)27-2)29-19-20-9-7-12-22(17-20)30-21-10-5-4-6-11-21/h4-7,9-12,17,23H,3,8,13-16,18-19H2,1-2H3,(H,27,28). The summed E-state index contributed by atoms with van der Waals surface area (Å²) in [6.45, 7) is 2.87. The van der Waals surface area contributed by atoms with E-state index in [1.165, 1.54) is 12.8 Å². The molecular formula is C26H33NO3. The Bertz CT molecular complexity index is 868. The number of ether oxygens (including phenoxy) is 2. The first-order chi connectivity index (χ1) is 14.6. The quantitative estimate of drug-likeness (QED) is 0.536. The highest BCUT2D eigenvalue weighted by atomic mass is 16.5. The molecule has 0 heterocycles. The van der Waals surface area contributed by atoms with Gasteiger partial charge in [0, 0.05) is 13.5 Å². The van der Waals surface area contributed by atoms with Crippen LogP contribution in [-0.2, 0) is 16.1 Å². The predicted octanol–water partition coefficient (Wildman–Crippen LogP) is 5.86. The molecule has 160 valence electrons. The van der Waals surface area contributed by atoms with Crippen molar-refractivity contribution in [2.75, 3.05) is 7.05 Å². The molecule has 2 aromatic rings. The highest BCUT2D eigenvalue weighted by Gasteiger charge is 2.67. The minimum Gasteiger partial charge on any atom is -0.457 e. The number of benzene rings is 2. The first-order valence-corrected chi connectivity index (χ1v) is 11.3. The van der Waals surface area contributed by atoms with Gasteiger partial charge in [-0.3, -0.25) is 4.79 Å². The summed E-state index contributed by atoms with van der Waals surface area (Å²) < 4.78 is 12.6. The molecule has 4 rings (SSSR count). The molecule has 0 aliphatic heterocycles. The van der Waals surface area contributed by atoms with Gasteiger partial charge in [0.25, 0.3) is 0 Å². The fourth-order valence-corrected chi connectivity index (χ4v) is 5.38. The molecule has 0 spiro atoms. The van der Waals surface area contributed by atoms with Crippen molar-refractivity contribution in [1.29, 1.82) is 0 Å². The minimum absolute atomic E-state index is 0.0106. The summed E-state index contributed by atoms with van der Waals surface area (Å²) in [5.74, 6) is 2.48. The Morgan fingerprint density at radius 2 is 1.90 bits per heavy atom. The van der Waals surface area contributed by atoms with E-state index in [4.69, 9.17) is 9.47 Å². The lowest BCUT2D eigenvalue weighted by atomic mass is 9.93. The van der Waals surface area contributed by atoms with Crippen molar-refractivity contribution in [3.63, 3.8) is 0 Å². The topological polar surface area (TPSA) is 47.6 Å². The number of para-hydroxylation sites is 1. The van der Waals surface area contributed by atoms with Crippen molar-refractivity contribution in [3.05, 3.63) is 60.2 Å². The first-order valence-electron chi connectivity index (χ1n) is 11.3. The van der Waals surface area contributed by atoms with Crippen molar-refractivity contribution in [3.8, 4) is 11.5 Å². The van der Waals surface area contributed by atoms with Crippen LogP contribution < -0.4 is 10.1 Å². The van der Waals surface area contributed by atoms with Crippen LogP contribution in [0.25, 0.3) is 0 Å². The zero-order valence-electron chi connectivity index (χ0n) is 18.2. The summed E-state index contributed by atoms with van der Waals surface area (Å²) in [7, 11) is 1.71. The van der Waals surface area contributed by atoms with Crippen LogP contribution in [0.1, 0.15) is 57.4 Å². The molecule has 1 amide bonds. The smallest absolute Gasteiger partial charge is 0.219 e. The number of amides is 1. The number of nitrogens with one attached hydrogen (secondary N) is 1. The second-order valence-corrected chi connectivity index (χ2v) is 8.92. The highest BCUT2D eigenvalue weighted by Crippen LogP contribution is 2.71. The monoisotopic (exact) mass is 407 g/mol. The lowest BCUT2D eigenvalue weighted by Gasteiger charge is -2.30. The average Bonchev–Trinajstić information content (AvgIpc) is 3.42. The molecule has 3 unspecified atom stereocenters. The number of hydrogen-bond donors (Lipinski definition) is 1. The molecule has 30 heavy (non-hydrogen) atoms. The largest absolute Gasteiger partial charge is 0.457 e. The fourth-order valence-electron chi connectivity index (χ4n) is 5.38. The predicted molar refractivity (Wildman–Crippen MR) is 118 cm³/mol. The molecule has 2 aliphatic rings. The lowest BCUT2D eigenvalue weighted by molar-refractivity contribution is -0.120. The van der Waals surface area contributed by atoms with Gasteiger partial charge in [0.1, 0.15) is 11.5 Å². The van der Waals surface area contributed by atoms with Crippen LogP contribution >= 0.6 is 0 Å². The molecule has 4 nitrogen and oxygen atoms in total. The summed E-state index contributed by atoms with van der Waals surface area (Å²) in [5.41, 5.74) is 1.56. The molecule has 3 atom stereocenters. The zero-order chi connectivity index (χ0) is 21.0. The van der Waals surface area contributed by atoms with Crippen LogP contribution in [0.3, 0.4) is 0 Å². The summed E-state index contributed by atoms with van der Waals surface area (Å²) in [6, 6.07) is 18.1. The highest BCUT2D eigenvalue weighted by molar-refractivity contribution is 5.75. The second-order valence-electron chi connectivity index (χ2n) is 8.92. The Kier molecular flexibility index (Phi) is 6.14. The van der Waals surface area contributed by atoms with Crippen molar-refractivity contribution < 1.29 is 14.3 Å². The third-order valence-electron chi connectivity index (χ3n) is 7.23. The van der Waals surface area contributed by atoms with Gasteiger partial charge < -0.3 is 14.8 Å². The van der Waals surface area contributed by atoms with E-state index in [2.05, 4.69) is 24.4 Å². The number of fused-ring (bicyclic) bond motifs is 1. The van der Waals surface area contributed by atoms with E-state index >= 15 is 0 Å². The Labute approximate surface area is 180 Å². The van der Waals surface area contributed by atoms with Crippen LogP contribution in [0.15, 0.2) is 54.6 Å². The van der Waals surface area contributed by atoms with Crippen LogP contribution in [0.2, 0.25) is 0 Å². The molecule has 2 saturated carbocycles. The van der Waals surface area contributed by atoms with Gasteiger partial charge in [0.15, 0.2) is 0 Å². The molecule has 0 bridgehead atoms. The van der Waals surface area contributed by atoms with E-state index in [9.17, 15) is 4.79 Å². The van der Waals surface area contributed by atoms with Crippen LogP contribution in [-0.4, -0.2) is 18.6 Å². The van der Waals surface area contributed by atoms with Gasteiger partial charge in [-0.25, -0.2) is 0 Å². The van der Waals surface area contributed by atoms with Gasteiger partial charge in [-0.05, 0) is 79.7 Å². The number of carbonyl (C=O) groups excluding carboxylic acids is 1. The Morgan fingerprint density at radius 1 is 1.10 bits per heavy atom. The van der Waals surface area contributed by atoms with Crippen molar-refractivity contribution in [2.45, 2.75) is 64.1 Å². The molecule has 2 aromatic carbocycles. The Balaban J connectivity index is 1.34. The second kappa shape index (κ2) is 8.81. The Hall–Kier alpha value is -2.33. The SMILES string of the molecule is CCC1(OCc2cccc(Oc3ccccc3)c2)CCC2(CCCC(=O)NC)CC21. The zero-order valence-corrected chi connectivity index (χ0v) is 18.2. The van der Waals surface area contributed by atoms with Crippen LogP contribution in [0.5, 0.6) is 11.5 Å². The Morgan fingerprint density at radius 3 is 2.63 bits per heavy atom. The average molecular weight is 408 g/mol. The number of rotatable bonds is 10. The summed E-state index contributed by atoms with van der Waals surface area (Å²) in [4.78, 5) is 11.5. The molecule has 4 heteroatoms. The van der Waals surface area contributed by atoms with Crippen LogP contribution in [0, 0.1) is 11.3 Å². The number of carbonyl (C=O) groups is 1. The molecule has 1 N–H and O–H groups in total. The van der Waals surface area contributed by atoms with Gasteiger partial charge in [-0.15, -0.1) is 0 Å². The summed E-state index contributed by atoms with van der Waals surface area (Å²) in [5, 5.41) is 2.73. The first kappa shape index (κ1) is 20.9. The van der Waals surface area contributed by atoms with Gasteiger partial charge in [0.2, 0.25) is 5.91 Å². The van der Waals surface area contributed by atoms with E-state index in [1.807, 2.05) is 42.5 Å². The van der Waals surface area contributed by atoms with Gasteiger partial charge in [0.05, 0.1) is 12.2 Å². The van der Waals surface area contributed by atoms with Crippen molar-refractivity contribution in [2.24, 2.45) is 11.3 Å². The maximum Gasteiger partial charge on any atom is 0.219 e. The minimum atomic E-state index is -0.0106. The van der Waals surface area contributed by atoms with E-state index < -0.39 is 0 Å². The van der Waals surface area contributed by atoms with Crippen LogP contribution in [0.4, 0.5) is 0 Å². The maximum absolute atomic E-state index is 11.5. The molecule has 0 aromatic heterocycles. The summed E-state index contributed by atoms with van der Waals surface area (Å²) in [6.07, 6.45) is 7.44. The van der Waals surface area contributed by atoms with Crippen molar-refractivity contribution in [1.82, 2.24) is 5.32 Å². The van der Waals surface area contributed by atoms with E-state index in [1.54, 1.807) is 7.05 Å². The molecule has 0 saturated heterocycles. The molecule has 2 fully saturated rings. The molecular weight excluding hydrogens is 374 g/mol. The third-order valence-corrected chi connectivity index (χ3v) is 7.23. The van der Waals surface area contributed by atoms with E-state index in [-0.39, 0.29) is 11.5 Å². The van der Waals surface area contributed by atoms with Gasteiger partial charge in [-0.2, -0.15) is 0 Å². The van der Waals surface area contributed by atoms with E-state index in [0.29, 0.717) is 24.4 Å². The molecule has 0 radical (unpaired) electrons. The molecule has 2 aliphatic carbocycles. The van der Waals surface area contributed by atoms with Gasteiger partial charge in [-0.1, -0.05) is 37.3 Å². The van der Waals surface area contributed by atoms with E-state index in [0.717, 1.165) is 42.7 Å². The fraction of sp³-hybridized carbons (Fsp3) is 0.500. The normalized spacial score (nSPS) is 26.8. The maximum atomic E-state index is 11.5. The number of hydrogen-bond acceptors (Lipinski definition) is 3. The summed E-state index contributed by atoms with van der Waals surface area (Å²) >= 11 is 0. The lowest BCUT2D eigenvalue weighted by Crippen LogP contribution is -2.32.